The summed E-state index contributed by atoms with van der Waals surface area (Å²) in [6, 6.07) is 14.1. The van der Waals surface area contributed by atoms with Crippen molar-refractivity contribution < 1.29 is 4.57 Å². The standard InChI is InChI=1S/C26H34N/c1-16(2)20-10-11-23-21(14-20)13-18(4)27(9)25(23)24-15-22(26(6,7)8)12-17(3)19(24)5/h10-16H,1-9H3/q+1. The van der Waals surface area contributed by atoms with Crippen LogP contribution in [0.4, 0.5) is 0 Å². The Hall–Kier alpha value is -2.15. The Balaban J connectivity index is 2.41. The van der Waals surface area contributed by atoms with Crippen molar-refractivity contribution in [2.75, 3.05) is 0 Å². The molecule has 3 rings (SSSR count). The molecule has 0 fully saturated rings. The molecule has 0 unspecified atom stereocenters. The molecule has 0 amide bonds. The van der Waals surface area contributed by atoms with Gasteiger partial charge < -0.3 is 0 Å². The van der Waals surface area contributed by atoms with Gasteiger partial charge in [-0.3, -0.25) is 0 Å². The molecule has 0 saturated heterocycles. The van der Waals surface area contributed by atoms with Gasteiger partial charge in [0.05, 0.1) is 10.9 Å². The molecule has 2 aromatic carbocycles. The van der Waals surface area contributed by atoms with E-state index in [2.05, 4.69) is 103 Å². The molecule has 0 radical (unpaired) electrons. The second kappa shape index (κ2) is 6.78. The smallest absolute Gasteiger partial charge is 0.198 e. The van der Waals surface area contributed by atoms with Crippen LogP contribution in [0.5, 0.6) is 0 Å². The minimum atomic E-state index is 0.135. The second-order valence-electron chi connectivity index (χ2n) is 9.41. The van der Waals surface area contributed by atoms with Crippen molar-refractivity contribution in [2.24, 2.45) is 7.05 Å². The summed E-state index contributed by atoms with van der Waals surface area (Å²) in [5.74, 6) is 0.542. The van der Waals surface area contributed by atoms with Crippen LogP contribution in [-0.2, 0) is 12.5 Å². The van der Waals surface area contributed by atoms with Crippen molar-refractivity contribution >= 4 is 10.8 Å². The first-order valence-corrected chi connectivity index (χ1v) is 10.1. The first-order valence-electron chi connectivity index (χ1n) is 10.1. The largest absolute Gasteiger partial charge is 0.220 e. The van der Waals surface area contributed by atoms with Crippen LogP contribution in [0.1, 0.15) is 68.5 Å². The molecule has 0 aliphatic carbocycles. The summed E-state index contributed by atoms with van der Waals surface area (Å²) < 4.78 is 2.35. The number of rotatable bonds is 2. The number of aromatic nitrogens is 1. The van der Waals surface area contributed by atoms with Gasteiger partial charge in [-0.05, 0) is 65.0 Å². The zero-order valence-corrected chi connectivity index (χ0v) is 18.5. The van der Waals surface area contributed by atoms with Crippen LogP contribution in [0.25, 0.3) is 22.0 Å². The fourth-order valence-corrected chi connectivity index (χ4v) is 3.82. The minimum absolute atomic E-state index is 0.135. The predicted octanol–water partition coefficient (Wildman–Crippen LogP) is 6.68. The van der Waals surface area contributed by atoms with E-state index < -0.39 is 0 Å². The highest BCUT2D eigenvalue weighted by molar-refractivity contribution is 5.94. The van der Waals surface area contributed by atoms with Crippen LogP contribution in [-0.4, -0.2) is 0 Å². The van der Waals surface area contributed by atoms with E-state index in [-0.39, 0.29) is 5.41 Å². The lowest BCUT2D eigenvalue weighted by molar-refractivity contribution is -0.665. The molecule has 27 heavy (non-hydrogen) atoms. The summed E-state index contributed by atoms with van der Waals surface area (Å²) in [6.45, 7) is 18.1. The molecule has 142 valence electrons. The maximum absolute atomic E-state index is 2.41. The normalized spacial score (nSPS) is 12.2. The average molecular weight is 361 g/mol. The SMILES string of the molecule is Cc1cc(C(C)(C)C)cc(-c2c3ccc(C(C)C)cc3cc(C)[n+]2C)c1C. The van der Waals surface area contributed by atoms with E-state index in [4.69, 9.17) is 0 Å². The van der Waals surface area contributed by atoms with E-state index in [1.807, 2.05) is 0 Å². The van der Waals surface area contributed by atoms with Crippen molar-refractivity contribution in [1.29, 1.82) is 0 Å². The quantitative estimate of drug-likeness (QED) is 0.449. The Labute approximate surface area is 165 Å². The Bertz CT molecular complexity index is 1020. The van der Waals surface area contributed by atoms with Crippen LogP contribution in [0.3, 0.4) is 0 Å². The van der Waals surface area contributed by atoms with Crippen LogP contribution in [0.15, 0.2) is 36.4 Å². The fourth-order valence-electron chi connectivity index (χ4n) is 3.82. The molecule has 1 heterocycles. The van der Waals surface area contributed by atoms with E-state index in [1.54, 1.807) is 0 Å². The number of fused-ring (bicyclic) bond motifs is 1. The Morgan fingerprint density at radius 2 is 1.56 bits per heavy atom. The van der Waals surface area contributed by atoms with Crippen LogP contribution >= 0.6 is 0 Å². The lowest BCUT2D eigenvalue weighted by atomic mass is 9.82. The second-order valence-corrected chi connectivity index (χ2v) is 9.41. The van der Waals surface area contributed by atoms with Gasteiger partial charge in [-0.25, -0.2) is 0 Å². The van der Waals surface area contributed by atoms with Gasteiger partial charge in [-0.15, -0.1) is 0 Å². The molecule has 0 atom stereocenters. The number of nitrogens with zero attached hydrogens (tertiary/aromatic N) is 1. The lowest BCUT2D eigenvalue weighted by Gasteiger charge is -2.22. The van der Waals surface area contributed by atoms with Gasteiger partial charge in [0.25, 0.3) is 0 Å². The van der Waals surface area contributed by atoms with Gasteiger partial charge in [0.15, 0.2) is 5.69 Å². The molecule has 0 aliphatic rings. The molecule has 0 aliphatic heterocycles. The Morgan fingerprint density at radius 3 is 2.15 bits per heavy atom. The third kappa shape index (κ3) is 3.52. The number of aryl methyl sites for hydroxylation is 2. The van der Waals surface area contributed by atoms with Crippen molar-refractivity contribution in [3.05, 3.63) is 64.3 Å². The minimum Gasteiger partial charge on any atom is -0.198 e. The molecule has 0 saturated carbocycles. The van der Waals surface area contributed by atoms with E-state index in [1.165, 1.54) is 50.0 Å². The summed E-state index contributed by atoms with van der Waals surface area (Å²) in [5.41, 5.74) is 9.64. The summed E-state index contributed by atoms with van der Waals surface area (Å²) in [7, 11) is 2.19. The van der Waals surface area contributed by atoms with Crippen molar-refractivity contribution in [2.45, 2.75) is 66.7 Å². The van der Waals surface area contributed by atoms with Gasteiger partial charge in [-0.1, -0.05) is 52.8 Å². The van der Waals surface area contributed by atoms with E-state index in [9.17, 15) is 0 Å². The first-order chi connectivity index (χ1) is 12.5. The molecule has 0 bridgehead atoms. The number of hydrogen-bond donors (Lipinski definition) is 0. The number of hydrogen-bond acceptors (Lipinski definition) is 0. The zero-order chi connectivity index (χ0) is 20.1. The molecular formula is C26H34N+. The van der Waals surface area contributed by atoms with Crippen molar-refractivity contribution in [3.8, 4) is 11.3 Å². The third-order valence-electron chi connectivity index (χ3n) is 6.01. The predicted molar refractivity (Wildman–Crippen MR) is 118 cm³/mol. The third-order valence-corrected chi connectivity index (χ3v) is 6.01. The molecule has 1 heteroatoms. The number of pyridine rings is 1. The molecule has 0 spiro atoms. The summed E-state index contributed by atoms with van der Waals surface area (Å²) in [6.07, 6.45) is 0. The molecule has 1 aromatic heterocycles. The highest BCUT2D eigenvalue weighted by atomic mass is 14.9. The van der Waals surface area contributed by atoms with Crippen molar-refractivity contribution in [1.82, 2.24) is 0 Å². The van der Waals surface area contributed by atoms with Crippen LogP contribution in [0, 0.1) is 20.8 Å². The molecular weight excluding hydrogens is 326 g/mol. The topological polar surface area (TPSA) is 3.88 Å². The van der Waals surface area contributed by atoms with Gasteiger partial charge in [0.2, 0.25) is 5.69 Å². The highest BCUT2D eigenvalue weighted by Gasteiger charge is 2.24. The summed E-state index contributed by atoms with van der Waals surface area (Å²) in [4.78, 5) is 0. The Kier molecular flexibility index (Phi) is 4.93. The highest BCUT2D eigenvalue weighted by Crippen LogP contribution is 2.35. The summed E-state index contributed by atoms with van der Waals surface area (Å²) >= 11 is 0. The zero-order valence-electron chi connectivity index (χ0n) is 18.5. The summed E-state index contributed by atoms with van der Waals surface area (Å²) in [5, 5.41) is 2.67. The van der Waals surface area contributed by atoms with Gasteiger partial charge in [0, 0.05) is 13.0 Å². The average Bonchev–Trinajstić information content (AvgIpc) is 2.57. The molecule has 3 aromatic rings. The molecule has 1 nitrogen and oxygen atoms in total. The number of benzene rings is 2. The van der Waals surface area contributed by atoms with Gasteiger partial charge in [0.1, 0.15) is 7.05 Å². The molecule has 0 N–H and O–H groups in total. The van der Waals surface area contributed by atoms with Crippen LogP contribution in [0.2, 0.25) is 0 Å². The van der Waals surface area contributed by atoms with Crippen LogP contribution < -0.4 is 4.57 Å². The first kappa shape index (κ1) is 19.6. The van der Waals surface area contributed by atoms with E-state index >= 15 is 0 Å². The maximum atomic E-state index is 2.41. The van der Waals surface area contributed by atoms with E-state index in [0.29, 0.717) is 5.92 Å². The maximum Gasteiger partial charge on any atom is 0.220 e. The van der Waals surface area contributed by atoms with Gasteiger partial charge in [-0.2, -0.15) is 4.57 Å². The fraction of sp³-hybridized carbons (Fsp3) is 0.423. The van der Waals surface area contributed by atoms with Gasteiger partial charge >= 0.3 is 0 Å². The van der Waals surface area contributed by atoms with Crippen molar-refractivity contribution in [3.63, 3.8) is 0 Å². The van der Waals surface area contributed by atoms with E-state index in [0.717, 1.165) is 0 Å². The Morgan fingerprint density at radius 1 is 0.889 bits per heavy atom. The lowest BCUT2D eigenvalue weighted by Crippen LogP contribution is -2.35. The monoisotopic (exact) mass is 360 g/mol.